The average molecular weight is 191 g/mol. The Morgan fingerprint density at radius 2 is 2.07 bits per heavy atom. The van der Waals surface area contributed by atoms with E-state index in [1.165, 1.54) is 12.8 Å². The van der Waals surface area contributed by atoms with E-state index in [-0.39, 0.29) is 0 Å². The Kier molecular flexibility index (Phi) is 4.76. The van der Waals surface area contributed by atoms with Crippen LogP contribution in [0.1, 0.15) is 36.5 Å². The second kappa shape index (κ2) is 6.19. The van der Waals surface area contributed by atoms with Gasteiger partial charge in [-0.05, 0) is 18.6 Å². The van der Waals surface area contributed by atoms with E-state index in [4.69, 9.17) is 0 Å². The van der Waals surface area contributed by atoms with E-state index in [0.717, 1.165) is 30.5 Å². The fourth-order valence-electron chi connectivity index (χ4n) is 1.36. The van der Waals surface area contributed by atoms with Crippen molar-refractivity contribution >= 4 is 12.0 Å². The van der Waals surface area contributed by atoms with Gasteiger partial charge in [0.05, 0.1) is 0 Å². The zero-order valence-corrected chi connectivity index (χ0v) is 8.62. The summed E-state index contributed by atoms with van der Waals surface area (Å²) in [6.07, 6.45) is 4.50. The van der Waals surface area contributed by atoms with Crippen LogP contribution < -0.4 is 5.32 Å². The van der Waals surface area contributed by atoms with Crippen LogP contribution in [0.15, 0.2) is 24.3 Å². The van der Waals surface area contributed by atoms with Crippen LogP contribution in [0.25, 0.3) is 0 Å². The number of benzene rings is 1. The van der Waals surface area contributed by atoms with Gasteiger partial charge < -0.3 is 5.32 Å². The lowest BCUT2D eigenvalue weighted by atomic mass is 10.2. The molecule has 0 saturated heterocycles. The highest BCUT2D eigenvalue weighted by Gasteiger charge is 1.97. The molecule has 2 nitrogen and oxygen atoms in total. The Balaban J connectivity index is 2.45. The predicted molar refractivity (Wildman–Crippen MR) is 59.8 cm³/mol. The number of aldehydes is 1. The highest BCUT2D eigenvalue weighted by atomic mass is 16.1. The lowest BCUT2D eigenvalue weighted by molar-refractivity contribution is 0.112. The molecule has 0 spiro atoms. The van der Waals surface area contributed by atoms with Gasteiger partial charge in [0.1, 0.15) is 0 Å². The Bertz CT molecular complexity index is 283. The van der Waals surface area contributed by atoms with Crippen LogP contribution in [0.4, 0.5) is 5.69 Å². The van der Waals surface area contributed by atoms with E-state index in [0.29, 0.717) is 0 Å². The topological polar surface area (TPSA) is 29.1 Å². The summed E-state index contributed by atoms with van der Waals surface area (Å²) in [5.41, 5.74) is 1.68. The Hall–Kier alpha value is -1.31. The summed E-state index contributed by atoms with van der Waals surface area (Å²) in [6, 6.07) is 7.58. The molecule has 0 heterocycles. The van der Waals surface area contributed by atoms with Crippen molar-refractivity contribution in [2.75, 3.05) is 11.9 Å². The molecule has 0 aliphatic heterocycles. The third-order valence-corrected chi connectivity index (χ3v) is 2.18. The molecule has 0 aliphatic rings. The zero-order chi connectivity index (χ0) is 10.2. The number of unbranched alkanes of at least 4 members (excludes halogenated alkanes) is 2. The number of anilines is 1. The van der Waals surface area contributed by atoms with Gasteiger partial charge in [0.15, 0.2) is 6.29 Å². The molecule has 1 rings (SSSR count). The molecule has 0 radical (unpaired) electrons. The molecule has 0 saturated carbocycles. The predicted octanol–water partition coefficient (Wildman–Crippen LogP) is 3.10. The van der Waals surface area contributed by atoms with Crippen LogP contribution in [-0.4, -0.2) is 12.8 Å². The van der Waals surface area contributed by atoms with Crippen molar-refractivity contribution in [2.24, 2.45) is 0 Å². The van der Waals surface area contributed by atoms with E-state index < -0.39 is 0 Å². The van der Waals surface area contributed by atoms with Crippen LogP contribution in [0.3, 0.4) is 0 Å². The van der Waals surface area contributed by atoms with Crippen molar-refractivity contribution in [3.8, 4) is 0 Å². The summed E-state index contributed by atoms with van der Waals surface area (Å²) < 4.78 is 0. The summed E-state index contributed by atoms with van der Waals surface area (Å²) in [6.45, 7) is 3.12. The lowest BCUT2D eigenvalue weighted by Gasteiger charge is -2.07. The first-order valence-electron chi connectivity index (χ1n) is 5.16. The van der Waals surface area contributed by atoms with E-state index in [2.05, 4.69) is 12.2 Å². The van der Waals surface area contributed by atoms with E-state index in [1.807, 2.05) is 24.3 Å². The standard InChI is InChI=1S/C12H17NO/c1-2-3-6-9-13-12-8-5-4-7-11(12)10-14/h4-5,7-8,10,13H,2-3,6,9H2,1H3. The lowest BCUT2D eigenvalue weighted by Crippen LogP contribution is -2.03. The highest BCUT2D eigenvalue weighted by Crippen LogP contribution is 2.12. The van der Waals surface area contributed by atoms with Crippen molar-refractivity contribution in [1.29, 1.82) is 0 Å². The monoisotopic (exact) mass is 191 g/mol. The summed E-state index contributed by atoms with van der Waals surface area (Å²) in [7, 11) is 0. The average Bonchev–Trinajstić information content (AvgIpc) is 2.25. The fraction of sp³-hybridized carbons (Fsp3) is 0.417. The molecule has 14 heavy (non-hydrogen) atoms. The highest BCUT2D eigenvalue weighted by molar-refractivity contribution is 5.83. The molecule has 0 bridgehead atoms. The smallest absolute Gasteiger partial charge is 0.152 e. The molecule has 0 fully saturated rings. The first kappa shape index (κ1) is 10.8. The van der Waals surface area contributed by atoms with Gasteiger partial charge >= 0.3 is 0 Å². The third-order valence-electron chi connectivity index (χ3n) is 2.18. The molecular formula is C12H17NO. The van der Waals surface area contributed by atoms with E-state index in [9.17, 15) is 4.79 Å². The third kappa shape index (κ3) is 3.21. The molecule has 0 amide bonds. The molecular weight excluding hydrogens is 174 g/mol. The SMILES string of the molecule is CCCCCNc1ccccc1C=O. The molecule has 1 aromatic carbocycles. The van der Waals surface area contributed by atoms with Crippen molar-refractivity contribution in [3.63, 3.8) is 0 Å². The van der Waals surface area contributed by atoms with Gasteiger partial charge in [-0.25, -0.2) is 0 Å². The molecule has 2 heteroatoms. The summed E-state index contributed by atoms with van der Waals surface area (Å²) in [5.74, 6) is 0. The maximum absolute atomic E-state index is 10.7. The molecule has 0 aromatic heterocycles. The number of hydrogen-bond acceptors (Lipinski definition) is 2. The van der Waals surface area contributed by atoms with Crippen LogP contribution in [0.5, 0.6) is 0 Å². The number of rotatable bonds is 6. The van der Waals surface area contributed by atoms with Crippen LogP contribution >= 0.6 is 0 Å². The van der Waals surface area contributed by atoms with Gasteiger partial charge in [-0.3, -0.25) is 4.79 Å². The van der Waals surface area contributed by atoms with Gasteiger partial charge in [0.25, 0.3) is 0 Å². The number of para-hydroxylation sites is 1. The van der Waals surface area contributed by atoms with Crippen molar-refractivity contribution in [3.05, 3.63) is 29.8 Å². The molecule has 0 atom stereocenters. The van der Waals surface area contributed by atoms with Gasteiger partial charge in [0, 0.05) is 17.8 Å². The fourth-order valence-corrected chi connectivity index (χ4v) is 1.36. The molecule has 1 N–H and O–H groups in total. The second-order valence-electron chi connectivity index (χ2n) is 3.34. The van der Waals surface area contributed by atoms with Gasteiger partial charge in [-0.15, -0.1) is 0 Å². The van der Waals surface area contributed by atoms with Gasteiger partial charge in [-0.1, -0.05) is 31.9 Å². The number of nitrogens with one attached hydrogen (secondary N) is 1. The quantitative estimate of drug-likeness (QED) is 0.553. The minimum Gasteiger partial charge on any atom is -0.384 e. The van der Waals surface area contributed by atoms with Crippen molar-refractivity contribution < 1.29 is 4.79 Å². The Morgan fingerprint density at radius 1 is 1.29 bits per heavy atom. The van der Waals surface area contributed by atoms with E-state index >= 15 is 0 Å². The maximum atomic E-state index is 10.7. The minimum absolute atomic E-state index is 0.740. The first-order valence-corrected chi connectivity index (χ1v) is 5.16. The van der Waals surface area contributed by atoms with E-state index in [1.54, 1.807) is 0 Å². The Labute approximate surface area is 85.3 Å². The summed E-state index contributed by atoms with van der Waals surface area (Å²) in [5, 5.41) is 3.27. The van der Waals surface area contributed by atoms with Gasteiger partial charge in [0.2, 0.25) is 0 Å². The summed E-state index contributed by atoms with van der Waals surface area (Å²) in [4.78, 5) is 10.7. The number of hydrogen-bond donors (Lipinski definition) is 1. The van der Waals surface area contributed by atoms with Crippen molar-refractivity contribution in [2.45, 2.75) is 26.2 Å². The zero-order valence-electron chi connectivity index (χ0n) is 8.62. The normalized spacial score (nSPS) is 9.79. The molecule has 1 aromatic rings. The Morgan fingerprint density at radius 3 is 2.79 bits per heavy atom. The number of carbonyl (C=O) groups excluding carboxylic acids is 1. The first-order chi connectivity index (χ1) is 6.88. The second-order valence-corrected chi connectivity index (χ2v) is 3.34. The van der Waals surface area contributed by atoms with Crippen LogP contribution in [0, 0.1) is 0 Å². The van der Waals surface area contributed by atoms with Crippen LogP contribution in [-0.2, 0) is 0 Å². The molecule has 0 aliphatic carbocycles. The largest absolute Gasteiger partial charge is 0.384 e. The summed E-state index contributed by atoms with van der Waals surface area (Å²) >= 11 is 0. The number of carbonyl (C=O) groups is 1. The molecule has 0 unspecified atom stereocenters. The minimum atomic E-state index is 0.740. The van der Waals surface area contributed by atoms with Crippen molar-refractivity contribution in [1.82, 2.24) is 0 Å². The van der Waals surface area contributed by atoms with Crippen LogP contribution in [0.2, 0.25) is 0 Å². The molecule has 76 valence electrons. The maximum Gasteiger partial charge on any atom is 0.152 e. The van der Waals surface area contributed by atoms with Gasteiger partial charge in [-0.2, -0.15) is 0 Å².